The molecule has 7 heteroatoms. The molecule has 0 saturated heterocycles. The van der Waals surface area contributed by atoms with E-state index in [0.717, 1.165) is 38.5 Å². The molecule has 180 valence electrons. The summed E-state index contributed by atoms with van der Waals surface area (Å²) in [4.78, 5) is 12.0. The number of ether oxygens (including phenoxy) is 1. The molecule has 2 aromatic rings. The third-order valence-corrected chi connectivity index (χ3v) is 9.26. The standard InChI is InChI=1S/C27H28F2O4S/c1-16-6-7-22(21-9-19-4-2-3-5-20(19)23(16)21)26-12-17-8-18(13-26)11-25(10-17,14-26)15-32-24(30)27(28,29)34-33-31/h2-7,17-18,31H,8-15H2,1H3/p-1. The van der Waals surface area contributed by atoms with Crippen molar-refractivity contribution < 1.29 is 27.9 Å². The fraction of sp³-hybridized carbons (Fsp3) is 0.519. The van der Waals surface area contributed by atoms with Gasteiger partial charge in [0.25, 0.3) is 0 Å². The van der Waals surface area contributed by atoms with Crippen molar-refractivity contribution in [1.29, 1.82) is 0 Å². The van der Waals surface area contributed by atoms with Crippen molar-refractivity contribution in [2.45, 2.75) is 62.5 Å². The minimum atomic E-state index is -3.99. The smallest absolute Gasteiger partial charge is 0.412 e. The maximum atomic E-state index is 13.8. The lowest BCUT2D eigenvalue weighted by atomic mass is 9.42. The van der Waals surface area contributed by atoms with E-state index in [2.05, 4.69) is 47.7 Å². The van der Waals surface area contributed by atoms with Crippen LogP contribution in [0.5, 0.6) is 0 Å². The fourth-order valence-corrected chi connectivity index (χ4v) is 8.46. The lowest BCUT2D eigenvalue weighted by Crippen LogP contribution is -2.56. The molecular formula is C27H27F2O4S-. The van der Waals surface area contributed by atoms with Crippen LogP contribution < -0.4 is 5.26 Å². The zero-order valence-electron chi connectivity index (χ0n) is 19.1. The Hall–Kier alpha value is -1.96. The van der Waals surface area contributed by atoms with E-state index in [1.165, 1.54) is 39.8 Å². The molecule has 34 heavy (non-hydrogen) atoms. The summed E-state index contributed by atoms with van der Waals surface area (Å²) in [6.07, 6.45) is 6.99. The molecule has 0 N–H and O–H groups in total. The van der Waals surface area contributed by atoms with Gasteiger partial charge in [-0.25, -0.2) is 4.79 Å². The van der Waals surface area contributed by atoms with Crippen molar-refractivity contribution in [2.75, 3.05) is 6.61 Å². The SMILES string of the molecule is Cc1ccc(C23CC4CC(CC(COC(=O)C(F)(F)SO[O-])(C4)C2)C3)c2c1-c1ccccc1C2. The largest absolute Gasteiger partial charge is 0.710 e. The Morgan fingerprint density at radius 1 is 1.15 bits per heavy atom. The van der Waals surface area contributed by atoms with Crippen LogP contribution in [-0.2, 0) is 25.7 Å². The molecule has 2 aromatic carbocycles. The normalized spacial score (nSPS) is 30.8. The highest BCUT2D eigenvalue weighted by Crippen LogP contribution is 2.66. The van der Waals surface area contributed by atoms with E-state index < -0.39 is 23.3 Å². The first-order chi connectivity index (χ1) is 16.2. The summed E-state index contributed by atoms with van der Waals surface area (Å²) in [7, 11) is 0. The molecule has 0 aliphatic heterocycles. The molecule has 5 aliphatic carbocycles. The van der Waals surface area contributed by atoms with Crippen LogP contribution in [0.15, 0.2) is 36.4 Å². The van der Waals surface area contributed by atoms with E-state index in [9.17, 15) is 18.8 Å². The van der Waals surface area contributed by atoms with Gasteiger partial charge in [0.2, 0.25) is 0 Å². The molecule has 4 fully saturated rings. The van der Waals surface area contributed by atoms with Gasteiger partial charge < -0.3 is 14.3 Å². The first-order valence-electron chi connectivity index (χ1n) is 12.0. The zero-order chi connectivity index (χ0) is 23.7. The molecule has 0 radical (unpaired) electrons. The first kappa shape index (κ1) is 22.5. The van der Waals surface area contributed by atoms with Crippen molar-refractivity contribution >= 4 is 18.0 Å². The summed E-state index contributed by atoms with van der Waals surface area (Å²) < 4.78 is 35.9. The average Bonchev–Trinajstić information content (AvgIpc) is 3.17. The Balaban J connectivity index is 1.34. The van der Waals surface area contributed by atoms with Crippen molar-refractivity contribution in [2.24, 2.45) is 17.3 Å². The van der Waals surface area contributed by atoms with Gasteiger partial charge in [-0.15, -0.1) is 0 Å². The number of fused-ring (bicyclic) bond motifs is 3. The van der Waals surface area contributed by atoms with E-state index in [-0.39, 0.29) is 17.4 Å². The monoisotopic (exact) mass is 485 g/mol. The molecule has 4 saturated carbocycles. The molecule has 4 bridgehead atoms. The molecule has 0 amide bonds. The van der Waals surface area contributed by atoms with Gasteiger partial charge in [0, 0.05) is 5.41 Å². The van der Waals surface area contributed by atoms with Crippen LogP contribution in [0.4, 0.5) is 8.78 Å². The van der Waals surface area contributed by atoms with Crippen LogP contribution in [0.1, 0.15) is 60.8 Å². The maximum Gasteiger partial charge on any atom is 0.412 e. The quantitative estimate of drug-likeness (QED) is 0.200. The van der Waals surface area contributed by atoms with Crippen LogP contribution in [0.25, 0.3) is 11.1 Å². The minimum Gasteiger partial charge on any atom is -0.710 e. The van der Waals surface area contributed by atoms with Gasteiger partial charge in [-0.3, -0.25) is 0 Å². The summed E-state index contributed by atoms with van der Waals surface area (Å²) in [5.74, 6) is -0.661. The van der Waals surface area contributed by atoms with E-state index in [4.69, 9.17) is 4.74 Å². The number of benzene rings is 2. The minimum absolute atomic E-state index is 0.00822. The molecule has 0 aromatic heterocycles. The highest BCUT2D eigenvalue weighted by molar-refractivity contribution is 7.96. The number of rotatable bonds is 6. The number of halogens is 2. The summed E-state index contributed by atoms with van der Waals surface area (Å²) in [5, 5.41) is 6.15. The molecule has 0 heterocycles. The van der Waals surface area contributed by atoms with E-state index in [0.29, 0.717) is 11.8 Å². The highest BCUT2D eigenvalue weighted by Gasteiger charge is 2.59. The van der Waals surface area contributed by atoms with Crippen molar-refractivity contribution in [3.05, 3.63) is 58.7 Å². The molecule has 0 spiro atoms. The number of hydrogen-bond donors (Lipinski definition) is 0. The number of alkyl halides is 2. The van der Waals surface area contributed by atoms with Gasteiger partial charge in [-0.1, -0.05) is 36.4 Å². The second-order valence-electron chi connectivity index (χ2n) is 11.1. The number of carbonyl (C=O) groups excluding carboxylic acids is 1. The van der Waals surface area contributed by atoms with Gasteiger partial charge in [-0.05, 0) is 103 Å². The van der Waals surface area contributed by atoms with E-state index in [1.54, 1.807) is 0 Å². The maximum absolute atomic E-state index is 13.8. The van der Waals surface area contributed by atoms with Gasteiger partial charge in [0.05, 0.1) is 18.6 Å². The molecule has 2 unspecified atom stereocenters. The van der Waals surface area contributed by atoms with Gasteiger partial charge in [0.1, 0.15) is 0 Å². The second kappa shape index (κ2) is 7.77. The number of aryl methyl sites for hydroxylation is 1. The van der Waals surface area contributed by atoms with Crippen LogP contribution in [-0.4, -0.2) is 17.8 Å². The van der Waals surface area contributed by atoms with Gasteiger partial charge in [0.15, 0.2) is 0 Å². The van der Waals surface area contributed by atoms with Crippen molar-refractivity contribution in [3.63, 3.8) is 0 Å². The fourth-order valence-electron chi connectivity index (χ4n) is 8.24. The second-order valence-corrected chi connectivity index (χ2v) is 11.9. The Morgan fingerprint density at radius 3 is 2.62 bits per heavy atom. The first-order valence-corrected chi connectivity index (χ1v) is 12.7. The Kier molecular flexibility index (Phi) is 5.14. The Morgan fingerprint density at radius 2 is 1.88 bits per heavy atom. The predicted octanol–water partition coefficient (Wildman–Crippen LogP) is 5.48. The van der Waals surface area contributed by atoms with Crippen LogP contribution in [0.3, 0.4) is 0 Å². The predicted molar refractivity (Wildman–Crippen MR) is 123 cm³/mol. The average molecular weight is 486 g/mol. The lowest BCUT2D eigenvalue weighted by molar-refractivity contribution is -0.630. The molecular weight excluding hydrogens is 458 g/mol. The number of esters is 1. The third-order valence-electron chi connectivity index (χ3n) is 8.81. The Bertz CT molecular complexity index is 1150. The summed E-state index contributed by atoms with van der Waals surface area (Å²) in [6, 6.07) is 13.2. The van der Waals surface area contributed by atoms with Gasteiger partial charge in [-0.2, -0.15) is 8.78 Å². The van der Waals surface area contributed by atoms with Gasteiger partial charge >= 0.3 is 11.2 Å². The van der Waals surface area contributed by atoms with E-state index in [1.807, 2.05) is 0 Å². The molecule has 2 atom stereocenters. The molecule has 7 rings (SSSR count). The summed E-state index contributed by atoms with van der Waals surface area (Å²) >= 11 is -0.700. The zero-order valence-corrected chi connectivity index (χ0v) is 19.9. The van der Waals surface area contributed by atoms with Crippen LogP contribution in [0.2, 0.25) is 0 Å². The Labute approximate surface area is 202 Å². The topological polar surface area (TPSA) is 58.6 Å². The lowest BCUT2D eigenvalue weighted by Gasteiger charge is -2.62. The summed E-state index contributed by atoms with van der Waals surface area (Å²) in [6.45, 7) is 2.15. The van der Waals surface area contributed by atoms with Crippen molar-refractivity contribution in [3.8, 4) is 11.1 Å². The molecule has 5 aliphatic rings. The molecule has 4 nitrogen and oxygen atoms in total. The number of hydrogen-bond acceptors (Lipinski definition) is 5. The summed E-state index contributed by atoms with van der Waals surface area (Å²) in [5.41, 5.74) is 7.87. The van der Waals surface area contributed by atoms with Crippen LogP contribution >= 0.6 is 12.0 Å². The van der Waals surface area contributed by atoms with Crippen LogP contribution in [0, 0.1) is 24.2 Å². The van der Waals surface area contributed by atoms with Crippen molar-refractivity contribution in [1.82, 2.24) is 0 Å². The third kappa shape index (κ3) is 3.42. The highest BCUT2D eigenvalue weighted by atomic mass is 32.2. The number of carbonyl (C=O) groups is 1. The van der Waals surface area contributed by atoms with E-state index >= 15 is 0 Å².